The Bertz CT molecular complexity index is 686. The van der Waals surface area contributed by atoms with Crippen LogP contribution in [0.1, 0.15) is 10.9 Å². The monoisotopic (exact) mass is 300 g/mol. The topological polar surface area (TPSA) is 58.6 Å². The minimum absolute atomic E-state index is 0.262. The Labute approximate surface area is 125 Å². The molecule has 2 aromatic rings. The number of hydrogen-bond acceptors (Lipinski definition) is 5. The summed E-state index contributed by atoms with van der Waals surface area (Å²) in [5.41, 5.74) is 0.839. The number of nitrogens with one attached hydrogen (secondary N) is 1. The fourth-order valence-corrected chi connectivity index (χ4v) is 3.73. The highest BCUT2D eigenvalue weighted by atomic mass is 32.1. The molecular formula is C15H12N2O3S. The number of hydroxylamine groups is 1. The number of rotatable bonds is 2. The highest BCUT2D eigenvalue weighted by Gasteiger charge is 2.56. The summed E-state index contributed by atoms with van der Waals surface area (Å²) in [6.07, 6.45) is -0.746. The van der Waals surface area contributed by atoms with E-state index in [4.69, 9.17) is 4.84 Å². The third-order valence-electron chi connectivity index (χ3n) is 3.80. The number of nitrogens with zero attached hydrogens (tertiary/aromatic N) is 1. The van der Waals surface area contributed by atoms with Crippen LogP contribution >= 0.6 is 11.3 Å². The lowest BCUT2D eigenvalue weighted by Crippen LogP contribution is -2.32. The first-order valence-electron chi connectivity index (χ1n) is 6.65. The maximum Gasteiger partial charge on any atom is 0.259 e. The minimum atomic E-state index is -0.746. The number of fused-ring (bicyclic) bond motifs is 1. The molecule has 0 radical (unpaired) electrons. The van der Waals surface area contributed by atoms with Crippen LogP contribution in [0, 0.1) is 5.92 Å². The van der Waals surface area contributed by atoms with Gasteiger partial charge in [0.25, 0.3) is 5.91 Å². The van der Waals surface area contributed by atoms with Crippen LogP contribution in [0.4, 0.5) is 5.69 Å². The fourth-order valence-electron chi connectivity index (χ4n) is 2.88. The van der Waals surface area contributed by atoms with Crippen molar-refractivity contribution in [2.45, 2.75) is 12.1 Å². The number of thiophene rings is 1. The number of para-hydroxylation sites is 1. The zero-order valence-electron chi connectivity index (χ0n) is 10.9. The normalized spacial score (nSPS) is 27.8. The van der Waals surface area contributed by atoms with Gasteiger partial charge in [0.2, 0.25) is 5.91 Å². The number of anilines is 1. The molecule has 2 fully saturated rings. The second-order valence-corrected chi connectivity index (χ2v) is 6.01. The molecule has 6 heteroatoms. The Morgan fingerprint density at radius 2 is 1.86 bits per heavy atom. The summed E-state index contributed by atoms with van der Waals surface area (Å²) < 4.78 is 0. The summed E-state index contributed by atoms with van der Waals surface area (Å²) >= 11 is 1.56. The van der Waals surface area contributed by atoms with Crippen LogP contribution in [0.3, 0.4) is 0 Å². The predicted molar refractivity (Wildman–Crippen MR) is 77.5 cm³/mol. The van der Waals surface area contributed by atoms with Gasteiger partial charge in [-0.3, -0.25) is 19.7 Å². The van der Waals surface area contributed by atoms with Crippen LogP contribution in [-0.2, 0) is 14.4 Å². The highest BCUT2D eigenvalue weighted by molar-refractivity contribution is 7.10. The van der Waals surface area contributed by atoms with E-state index in [1.165, 1.54) is 0 Å². The Balaban J connectivity index is 1.80. The van der Waals surface area contributed by atoms with Gasteiger partial charge in [-0.1, -0.05) is 24.3 Å². The van der Waals surface area contributed by atoms with Crippen molar-refractivity contribution in [2.24, 2.45) is 5.92 Å². The van der Waals surface area contributed by atoms with E-state index >= 15 is 0 Å². The van der Waals surface area contributed by atoms with Crippen molar-refractivity contribution < 1.29 is 14.4 Å². The molecule has 2 saturated heterocycles. The molecule has 0 spiro atoms. The van der Waals surface area contributed by atoms with Crippen molar-refractivity contribution >= 4 is 28.8 Å². The summed E-state index contributed by atoms with van der Waals surface area (Å²) in [7, 11) is 0. The Hall–Kier alpha value is -2.18. The molecular weight excluding hydrogens is 288 g/mol. The minimum Gasteiger partial charge on any atom is -0.294 e. The van der Waals surface area contributed by atoms with Crippen LogP contribution in [0.2, 0.25) is 0 Å². The molecule has 5 nitrogen and oxygen atoms in total. The van der Waals surface area contributed by atoms with Gasteiger partial charge in [-0.2, -0.15) is 0 Å². The van der Waals surface area contributed by atoms with Crippen molar-refractivity contribution in [3.05, 3.63) is 52.7 Å². The van der Waals surface area contributed by atoms with Gasteiger partial charge in [-0.25, -0.2) is 5.06 Å². The van der Waals surface area contributed by atoms with Gasteiger partial charge in [-0.05, 0) is 23.6 Å². The molecule has 2 aliphatic rings. The Morgan fingerprint density at radius 1 is 1.05 bits per heavy atom. The second kappa shape index (κ2) is 4.68. The number of imide groups is 1. The van der Waals surface area contributed by atoms with Crippen LogP contribution in [0.25, 0.3) is 0 Å². The number of carbonyl (C=O) groups excluding carboxylic acids is 2. The second-order valence-electron chi connectivity index (χ2n) is 5.03. The molecule has 1 aromatic carbocycles. The molecule has 1 N–H and O–H groups in total. The van der Waals surface area contributed by atoms with E-state index in [1.807, 2.05) is 47.8 Å². The van der Waals surface area contributed by atoms with Gasteiger partial charge < -0.3 is 0 Å². The van der Waals surface area contributed by atoms with Gasteiger partial charge in [0, 0.05) is 4.88 Å². The highest BCUT2D eigenvalue weighted by Crippen LogP contribution is 2.45. The van der Waals surface area contributed by atoms with Gasteiger partial charge >= 0.3 is 0 Å². The average molecular weight is 300 g/mol. The Kier molecular flexibility index (Phi) is 2.80. The van der Waals surface area contributed by atoms with E-state index in [2.05, 4.69) is 5.32 Å². The SMILES string of the molecule is O=C1NC(=O)[C@H]2ON(c3ccccc3)[C@@H](c3cccs3)[C@H]12. The summed E-state index contributed by atoms with van der Waals surface area (Å²) in [6.45, 7) is 0. The molecule has 3 atom stereocenters. The first-order valence-corrected chi connectivity index (χ1v) is 7.53. The number of benzene rings is 1. The third kappa shape index (κ3) is 1.87. The molecule has 2 aliphatic heterocycles. The molecule has 21 heavy (non-hydrogen) atoms. The van der Waals surface area contributed by atoms with Crippen LogP contribution in [-0.4, -0.2) is 17.9 Å². The average Bonchev–Trinajstić information content (AvgIpc) is 3.19. The maximum absolute atomic E-state index is 12.1. The summed E-state index contributed by atoms with van der Waals surface area (Å²) in [5, 5.41) is 6.01. The van der Waals surface area contributed by atoms with Crippen molar-refractivity contribution in [3.8, 4) is 0 Å². The van der Waals surface area contributed by atoms with Gasteiger partial charge in [0.15, 0.2) is 6.10 Å². The lowest BCUT2D eigenvalue weighted by Gasteiger charge is -2.25. The van der Waals surface area contributed by atoms with Gasteiger partial charge in [0.05, 0.1) is 5.69 Å². The van der Waals surface area contributed by atoms with E-state index in [0.717, 1.165) is 10.6 Å². The van der Waals surface area contributed by atoms with Gasteiger partial charge in [-0.15, -0.1) is 11.3 Å². The van der Waals surface area contributed by atoms with Crippen molar-refractivity contribution in [3.63, 3.8) is 0 Å². The number of amides is 2. The lowest BCUT2D eigenvalue weighted by molar-refractivity contribution is -0.129. The molecule has 106 valence electrons. The smallest absolute Gasteiger partial charge is 0.259 e. The third-order valence-corrected chi connectivity index (χ3v) is 4.74. The molecule has 0 unspecified atom stereocenters. The first kappa shape index (κ1) is 12.6. The van der Waals surface area contributed by atoms with Crippen LogP contribution < -0.4 is 10.4 Å². The van der Waals surface area contributed by atoms with E-state index in [9.17, 15) is 9.59 Å². The van der Waals surface area contributed by atoms with E-state index in [0.29, 0.717) is 0 Å². The van der Waals surface area contributed by atoms with Crippen LogP contribution in [0.15, 0.2) is 47.8 Å². The molecule has 0 aliphatic carbocycles. The first-order chi connectivity index (χ1) is 10.3. The molecule has 4 rings (SSSR count). The van der Waals surface area contributed by atoms with Crippen molar-refractivity contribution in [1.82, 2.24) is 5.32 Å². The fraction of sp³-hybridized carbons (Fsp3) is 0.200. The molecule has 3 heterocycles. The molecule has 0 bridgehead atoms. The molecule has 1 aromatic heterocycles. The van der Waals surface area contributed by atoms with E-state index in [1.54, 1.807) is 16.4 Å². The standard InChI is InChI=1S/C15H12N2O3S/c18-14-11-12(10-7-4-8-21-10)17(9-5-2-1-3-6-9)20-13(11)15(19)16-14/h1-8,11-13H,(H,16,18,19)/t11-,12-,13-/m0/s1. The van der Waals surface area contributed by atoms with Crippen molar-refractivity contribution in [2.75, 3.05) is 5.06 Å². The number of hydrogen-bond donors (Lipinski definition) is 1. The van der Waals surface area contributed by atoms with E-state index < -0.39 is 12.0 Å². The predicted octanol–water partition coefficient (Wildman–Crippen LogP) is 1.88. The van der Waals surface area contributed by atoms with Crippen LogP contribution in [0.5, 0.6) is 0 Å². The largest absolute Gasteiger partial charge is 0.294 e. The van der Waals surface area contributed by atoms with Gasteiger partial charge in [0.1, 0.15) is 12.0 Å². The zero-order chi connectivity index (χ0) is 14.4. The Morgan fingerprint density at radius 3 is 2.57 bits per heavy atom. The number of carbonyl (C=O) groups is 2. The summed E-state index contributed by atoms with van der Waals surface area (Å²) in [4.78, 5) is 30.8. The summed E-state index contributed by atoms with van der Waals surface area (Å²) in [6, 6.07) is 13.2. The quantitative estimate of drug-likeness (QED) is 0.860. The molecule has 2 amide bonds. The zero-order valence-corrected chi connectivity index (χ0v) is 11.7. The molecule has 0 saturated carbocycles. The lowest BCUT2D eigenvalue weighted by atomic mass is 9.95. The van der Waals surface area contributed by atoms with Crippen molar-refractivity contribution in [1.29, 1.82) is 0 Å². The van der Waals surface area contributed by atoms with E-state index in [-0.39, 0.29) is 17.9 Å². The maximum atomic E-state index is 12.1. The summed E-state index contributed by atoms with van der Waals surface area (Å²) in [5.74, 6) is -1.12.